The first kappa shape index (κ1) is 19.1. The van der Waals surface area contributed by atoms with E-state index < -0.39 is 0 Å². The van der Waals surface area contributed by atoms with Crippen molar-refractivity contribution in [3.05, 3.63) is 29.8 Å². The highest BCUT2D eigenvalue weighted by Crippen LogP contribution is 2.14. The van der Waals surface area contributed by atoms with Gasteiger partial charge in [-0.2, -0.15) is 0 Å². The highest BCUT2D eigenvalue weighted by molar-refractivity contribution is 14.0. The Labute approximate surface area is 151 Å². The fourth-order valence-electron chi connectivity index (χ4n) is 2.53. The second-order valence-corrected chi connectivity index (χ2v) is 5.53. The molecule has 0 radical (unpaired) electrons. The highest BCUT2D eigenvalue weighted by atomic mass is 127. The molecule has 5 heteroatoms. The summed E-state index contributed by atoms with van der Waals surface area (Å²) in [5.41, 5.74) is 7.31. The van der Waals surface area contributed by atoms with Gasteiger partial charge in [-0.3, -0.25) is 4.99 Å². The van der Waals surface area contributed by atoms with E-state index in [1.807, 2.05) is 12.1 Å². The average Bonchev–Trinajstić information content (AvgIpc) is 2.54. The minimum Gasteiger partial charge on any atom is -0.494 e. The van der Waals surface area contributed by atoms with Crippen molar-refractivity contribution in [3.8, 4) is 5.75 Å². The van der Waals surface area contributed by atoms with Crippen LogP contribution in [0.2, 0.25) is 0 Å². The number of halogens is 1. The molecule has 1 heterocycles. The molecule has 1 aromatic rings. The normalized spacial score (nSPS) is 15.3. The molecule has 0 atom stereocenters. The number of ether oxygens (including phenoxy) is 1. The Balaban J connectivity index is 0.00000242. The van der Waals surface area contributed by atoms with Gasteiger partial charge in [0.25, 0.3) is 0 Å². The van der Waals surface area contributed by atoms with Crippen LogP contribution in [0, 0.1) is 0 Å². The Hall–Kier alpha value is -0.980. The quantitative estimate of drug-likeness (QED) is 0.438. The van der Waals surface area contributed by atoms with E-state index in [-0.39, 0.29) is 24.0 Å². The molecule has 124 valence electrons. The topological polar surface area (TPSA) is 50.9 Å². The van der Waals surface area contributed by atoms with Crippen LogP contribution in [0.1, 0.15) is 38.2 Å². The number of nitrogens with two attached hydrogens (primary N) is 1. The second kappa shape index (κ2) is 10.7. The Morgan fingerprint density at radius 2 is 2.05 bits per heavy atom. The minimum atomic E-state index is 0. The lowest BCUT2D eigenvalue weighted by atomic mass is 10.1. The summed E-state index contributed by atoms with van der Waals surface area (Å²) in [6.07, 6.45) is 5.70. The third-order valence-corrected chi connectivity index (χ3v) is 3.73. The predicted octanol–water partition coefficient (Wildman–Crippen LogP) is 3.44. The molecule has 0 bridgehead atoms. The summed E-state index contributed by atoms with van der Waals surface area (Å²) in [7, 11) is 0. The van der Waals surface area contributed by atoms with Crippen LogP contribution in [0.15, 0.2) is 29.3 Å². The predicted molar refractivity (Wildman–Crippen MR) is 103 cm³/mol. The molecule has 4 nitrogen and oxygen atoms in total. The average molecular weight is 417 g/mol. The molecule has 0 spiro atoms. The van der Waals surface area contributed by atoms with Crippen LogP contribution in [0.3, 0.4) is 0 Å². The van der Waals surface area contributed by atoms with Crippen molar-refractivity contribution >= 4 is 29.9 Å². The number of rotatable bonds is 6. The maximum absolute atomic E-state index is 6.06. The summed E-state index contributed by atoms with van der Waals surface area (Å²) in [5, 5.41) is 0. The smallest absolute Gasteiger partial charge is 0.191 e. The van der Waals surface area contributed by atoms with Gasteiger partial charge in [-0.1, -0.05) is 19.1 Å². The van der Waals surface area contributed by atoms with Crippen LogP contribution in [0.4, 0.5) is 0 Å². The van der Waals surface area contributed by atoms with Gasteiger partial charge in [-0.15, -0.1) is 24.0 Å². The van der Waals surface area contributed by atoms with Crippen molar-refractivity contribution in [1.29, 1.82) is 0 Å². The van der Waals surface area contributed by atoms with E-state index in [9.17, 15) is 0 Å². The summed E-state index contributed by atoms with van der Waals surface area (Å²) < 4.78 is 5.65. The molecule has 0 aromatic heterocycles. The molecule has 1 saturated heterocycles. The first-order chi connectivity index (χ1) is 10.3. The zero-order chi connectivity index (χ0) is 14.9. The molecule has 1 aromatic carbocycles. The minimum absolute atomic E-state index is 0. The summed E-state index contributed by atoms with van der Waals surface area (Å²) in [5.74, 6) is 1.65. The summed E-state index contributed by atoms with van der Waals surface area (Å²) in [4.78, 5) is 6.71. The molecular formula is C17H28IN3O. The summed E-state index contributed by atoms with van der Waals surface area (Å²) >= 11 is 0. The van der Waals surface area contributed by atoms with E-state index in [1.165, 1.54) is 24.8 Å². The summed E-state index contributed by atoms with van der Waals surface area (Å²) in [6.45, 7) is 5.72. The Morgan fingerprint density at radius 3 is 2.77 bits per heavy atom. The van der Waals surface area contributed by atoms with Crippen molar-refractivity contribution < 1.29 is 4.74 Å². The highest BCUT2D eigenvalue weighted by Gasteiger charge is 2.11. The number of hydrogen-bond donors (Lipinski definition) is 1. The third-order valence-electron chi connectivity index (χ3n) is 3.73. The first-order valence-corrected chi connectivity index (χ1v) is 8.06. The van der Waals surface area contributed by atoms with Crippen LogP contribution in [-0.4, -0.2) is 37.1 Å². The lowest BCUT2D eigenvalue weighted by Crippen LogP contribution is -2.41. The maximum atomic E-state index is 6.06. The molecule has 0 unspecified atom stereocenters. The maximum Gasteiger partial charge on any atom is 0.191 e. The van der Waals surface area contributed by atoms with Gasteiger partial charge in [0, 0.05) is 19.6 Å². The molecule has 0 amide bonds. The lowest BCUT2D eigenvalue weighted by Gasteiger charge is -2.27. The molecule has 0 saturated carbocycles. The van der Waals surface area contributed by atoms with Crippen LogP contribution in [0.5, 0.6) is 5.75 Å². The van der Waals surface area contributed by atoms with E-state index in [2.05, 4.69) is 28.9 Å². The van der Waals surface area contributed by atoms with E-state index in [4.69, 9.17) is 10.5 Å². The van der Waals surface area contributed by atoms with Crippen LogP contribution in [0.25, 0.3) is 0 Å². The molecule has 1 aliphatic rings. The van der Waals surface area contributed by atoms with Crippen LogP contribution < -0.4 is 10.5 Å². The SMILES string of the molecule is CCCOc1cccc(CCN=C(N)N2CCCCC2)c1.I. The van der Waals surface area contributed by atoms with Crippen LogP contribution in [-0.2, 0) is 6.42 Å². The summed E-state index contributed by atoms with van der Waals surface area (Å²) in [6, 6.07) is 8.26. The van der Waals surface area contributed by atoms with E-state index in [0.717, 1.165) is 44.8 Å². The second-order valence-electron chi connectivity index (χ2n) is 5.53. The van der Waals surface area contributed by atoms with Gasteiger partial charge in [-0.05, 0) is 49.8 Å². The zero-order valence-corrected chi connectivity index (χ0v) is 15.8. The number of likely N-dealkylation sites (tertiary alicyclic amines) is 1. The van der Waals surface area contributed by atoms with E-state index >= 15 is 0 Å². The van der Waals surface area contributed by atoms with E-state index in [0.29, 0.717) is 5.96 Å². The van der Waals surface area contributed by atoms with Gasteiger partial charge in [0.15, 0.2) is 5.96 Å². The standard InChI is InChI=1S/C17H27N3O.HI/c1-2-13-21-16-8-6-7-15(14-16)9-10-19-17(18)20-11-4-3-5-12-20;/h6-8,14H,2-5,9-13H2,1H3,(H2,18,19);1H. The fraction of sp³-hybridized carbons (Fsp3) is 0.588. The fourth-order valence-corrected chi connectivity index (χ4v) is 2.53. The van der Waals surface area contributed by atoms with Crippen molar-refractivity contribution in [2.75, 3.05) is 26.2 Å². The molecule has 2 N–H and O–H groups in total. The Bertz CT molecular complexity index is 459. The van der Waals surface area contributed by atoms with Gasteiger partial charge in [0.05, 0.1) is 6.61 Å². The van der Waals surface area contributed by atoms with E-state index in [1.54, 1.807) is 0 Å². The molecule has 22 heavy (non-hydrogen) atoms. The largest absolute Gasteiger partial charge is 0.494 e. The van der Waals surface area contributed by atoms with Crippen molar-refractivity contribution in [1.82, 2.24) is 4.90 Å². The van der Waals surface area contributed by atoms with Crippen molar-refractivity contribution in [3.63, 3.8) is 0 Å². The van der Waals surface area contributed by atoms with Crippen molar-refractivity contribution in [2.24, 2.45) is 10.7 Å². The van der Waals surface area contributed by atoms with Gasteiger partial charge in [0.2, 0.25) is 0 Å². The van der Waals surface area contributed by atoms with Gasteiger partial charge in [-0.25, -0.2) is 0 Å². The number of piperidine rings is 1. The first-order valence-electron chi connectivity index (χ1n) is 8.06. The number of nitrogens with zero attached hydrogens (tertiary/aromatic N) is 2. The molecule has 2 rings (SSSR count). The Kier molecular flexibility index (Phi) is 9.27. The van der Waals surface area contributed by atoms with Crippen molar-refractivity contribution in [2.45, 2.75) is 39.0 Å². The van der Waals surface area contributed by atoms with Gasteiger partial charge in [0.1, 0.15) is 5.75 Å². The number of guanidine groups is 1. The lowest BCUT2D eigenvalue weighted by molar-refractivity contribution is 0.317. The monoisotopic (exact) mass is 417 g/mol. The molecular weight excluding hydrogens is 389 g/mol. The molecule has 1 fully saturated rings. The molecule has 0 aliphatic carbocycles. The molecule has 1 aliphatic heterocycles. The van der Waals surface area contributed by atoms with Gasteiger partial charge < -0.3 is 15.4 Å². The Morgan fingerprint density at radius 1 is 1.27 bits per heavy atom. The number of aliphatic imine (C=N–C) groups is 1. The van der Waals surface area contributed by atoms with Crippen LogP contribution >= 0.6 is 24.0 Å². The zero-order valence-electron chi connectivity index (χ0n) is 13.5. The van der Waals surface area contributed by atoms with Gasteiger partial charge >= 0.3 is 0 Å². The third kappa shape index (κ3) is 6.42. The number of hydrogen-bond acceptors (Lipinski definition) is 2. The number of benzene rings is 1.